The smallest absolute Gasteiger partial charge is 0.251 e. The van der Waals surface area contributed by atoms with Gasteiger partial charge in [-0.15, -0.1) is 0 Å². The molecule has 1 aromatic rings. The monoisotopic (exact) mass is 300 g/mol. The predicted octanol–water partition coefficient (Wildman–Crippen LogP) is 1.83. The molecule has 17 heavy (non-hydrogen) atoms. The highest BCUT2D eigenvalue weighted by atomic mass is 79.9. The van der Waals surface area contributed by atoms with Crippen molar-refractivity contribution < 1.29 is 9.90 Å². The van der Waals surface area contributed by atoms with Gasteiger partial charge in [0.25, 0.3) is 5.91 Å². The Kier molecular flexibility index (Phi) is 4.96. The van der Waals surface area contributed by atoms with Crippen molar-refractivity contribution in [2.75, 3.05) is 20.6 Å². The van der Waals surface area contributed by atoms with Gasteiger partial charge in [0.05, 0.1) is 4.47 Å². The number of benzene rings is 1. The zero-order valence-electron chi connectivity index (χ0n) is 10.2. The maximum absolute atomic E-state index is 11.8. The summed E-state index contributed by atoms with van der Waals surface area (Å²) in [6.07, 6.45) is 0. The molecule has 5 heteroatoms. The SMILES string of the molecule is CC(CN(C)C)NC(=O)c1ccc(Br)c(O)c1. The van der Waals surface area contributed by atoms with E-state index in [2.05, 4.69) is 21.2 Å². The lowest BCUT2D eigenvalue weighted by Crippen LogP contribution is -2.39. The molecule has 0 spiro atoms. The Labute approximate surface area is 110 Å². The number of aromatic hydroxyl groups is 1. The minimum atomic E-state index is -0.179. The number of carbonyl (C=O) groups is 1. The fourth-order valence-electron chi connectivity index (χ4n) is 1.55. The molecule has 0 saturated carbocycles. The Morgan fingerprint density at radius 3 is 2.71 bits per heavy atom. The third kappa shape index (κ3) is 4.36. The molecule has 1 atom stereocenters. The maximum Gasteiger partial charge on any atom is 0.251 e. The first kappa shape index (κ1) is 14.0. The molecule has 1 unspecified atom stereocenters. The van der Waals surface area contributed by atoms with Gasteiger partial charge in [0, 0.05) is 18.2 Å². The first-order chi connectivity index (χ1) is 7.90. The molecule has 0 aliphatic rings. The first-order valence-electron chi connectivity index (χ1n) is 5.34. The molecule has 0 radical (unpaired) electrons. The Hall–Kier alpha value is -1.07. The van der Waals surface area contributed by atoms with E-state index in [-0.39, 0.29) is 17.7 Å². The van der Waals surface area contributed by atoms with E-state index in [1.807, 2.05) is 25.9 Å². The molecule has 4 nitrogen and oxygen atoms in total. The highest BCUT2D eigenvalue weighted by molar-refractivity contribution is 9.10. The fourth-order valence-corrected chi connectivity index (χ4v) is 1.80. The van der Waals surface area contributed by atoms with Crippen LogP contribution in [0.3, 0.4) is 0 Å². The van der Waals surface area contributed by atoms with E-state index in [1.165, 1.54) is 6.07 Å². The average Bonchev–Trinajstić information content (AvgIpc) is 2.20. The van der Waals surface area contributed by atoms with Gasteiger partial charge in [-0.2, -0.15) is 0 Å². The van der Waals surface area contributed by atoms with Crippen LogP contribution in [0.2, 0.25) is 0 Å². The summed E-state index contributed by atoms with van der Waals surface area (Å²) >= 11 is 3.17. The van der Waals surface area contributed by atoms with Crippen LogP contribution >= 0.6 is 15.9 Å². The molecule has 0 fully saturated rings. The number of hydrogen-bond donors (Lipinski definition) is 2. The van der Waals surface area contributed by atoms with E-state index in [0.29, 0.717) is 10.0 Å². The number of nitrogens with one attached hydrogen (secondary N) is 1. The van der Waals surface area contributed by atoms with Crippen molar-refractivity contribution >= 4 is 21.8 Å². The largest absolute Gasteiger partial charge is 0.507 e. The highest BCUT2D eigenvalue weighted by Crippen LogP contribution is 2.24. The second-order valence-corrected chi connectivity index (χ2v) is 5.16. The van der Waals surface area contributed by atoms with Crippen LogP contribution in [0.15, 0.2) is 22.7 Å². The summed E-state index contributed by atoms with van der Waals surface area (Å²) in [7, 11) is 3.90. The Morgan fingerprint density at radius 2 is 2.18 bits per heavy atom. The number of halogens is 1. The molecular formula is C12H17BrN2O2. The molecular weight excluding hydrogens is 284 g/mol. The van der Waals surface area contributed by atoms with Gasteiger partial charge in [0.1, 0.15) is 5.75 Å². The van der Waals surface area contributed by atoms with Crippen molar-refractivity contribution in [2.24, 2.45) is 0 Å². The second-order valence-electron chi connectivity index (χ2n) is 4.30. The van der Waals surface area contributed by atoms with Crippen molar-refractivity contribution in [2.45, 2.75) is 13.0 Å². The van der Waals surface area contributed by atoms with Crippen LogP contribution in [0.5, 0.6) is 5.75 Å². The van der Waals surface area contributed by atoms with E-state index >= 15 is 0 Å². The van der Waals surface area contributed by atoms with Gasteiger partial charge >= 0.3 is 0 Å². The van der Waals surface area contributed by atoms with Gasteiger partial charge < -0.3 is 15.3 Å². The summed E-state index contributed by atoms with van der Waals surface area (Å²) in [6.45, 7) is 2.71. The van der Waals surface area contributed by atoms with Crippen LogP contribution in [0.25, 0.3) is 0 Å². The molecule has 1 amide bonds. The zero-order chi connectivity index (χ0) is 13.0. The summed E-state index contributed by atoms with van der Waals surface area (Å²) in [5.74, 6) is -0.111. The molecule has 1 rings (SSSR count). The molecule has 0 aromatic heterocycles. The van der Waals surface area contributed by atoms with Crippen LogP contribution < -0.4 is 5.32 Å². The number of likely N-dealkylation sites (N-methyl/N-ethyl adjacent to an activating group) is 1. The van der Waals surface area contributed by atoms with Gasteiger partial charge in [-0.25, -0.2) is 0 Å². The van der Waals surface area contributed by atoms with Crippen LogP contribution in [0.1, 0.15) is 17.3 Å². The maximum atomic E-state index is 11.8. The zero-order valence-corrected chi connectivity index (χ0v) is 11.8. The van der Waals surface area contributed by atoms with Crippen LogP contribution in [0.4, 0.5) is 0 Å². The van der Waals surface area contributed by atoms with E-state index in [1.54, 1.807) is 12.1 Å². The molecule has 2 N–H and O–H groups in total. The van der Waals surface area contributed by atoms with E-state index in [9.17, 15) is 9.90 Å². The number of hydrogen-bond acceptors (Lipinski definition) is 3. The molecule has 1 aromatic carbocycles. The normalized spacial score (nSPS) is 12.5. The standard InChI is InChI=1S/C12H17BrN2O2/c1-8(7-15(2)3)14-12(17)9-4-5-10(13)11(16)6-9/h4-6,8,16H,7H2,1-3H3,(H,14,17). The molecule has 0 aliphatic carbocycles. The third-order valence-corrected chi connectivity index (χ3v) is 2.90. The molecule has 94 valence electrons. The van der Waals surface area contributed by atoms with Crippen LogP contribution in [-0.4, -0.2) is 42.6 Å². The van der Waals surface area contributed by atoms with Crippen molar-refractivity contribution in [1.82, 2.24) is 10.2 Å². The fraction of sp³-hybridized carbons (Fsp3) is 0.417. The molecule has 0 saturated heterocycles. The molecule has 0 heterocycles. The van der Waals surface area contributed by atoms with Gasteiger partial charge in [-0.1, -0.05) is 0 Å². The lowest BCUT2D eigenvalue weighted by atomic mass is 10.2. The Bertz CT molecular complexity index is 407. The minimum absolute atomic E-state index is 0.0586. The van der Waals surface area contributed by atoms with E-state index < -0.39 is 0 Å². The predicted molar refractivity (Wildman–Crippen MR) is 71.3 cm³/mol. The van der Waals surface area contributed by atoms with Gasteiger partial charge in [-0.3, -0.25) is 4.79 Å². The third-order valence-electron chi connectivity index (χ3n) is 2.22. The van der Waals surface area contributed by atoms with Crippen molar-refractivity contribution in [3.8, 4) is 5.75 Å². The number of rotatable bonds is 4. The van der Waals surface area contributed by atoms with Gasteiger partial charge in [0.15, 0.2) is 0 Å². The lowest BCUT2D eigenvalue weighted by molar-refractivity contribution is 0.0934. The molecule has 0 aliphatic heterocycles. The minimum Gasteiger partial charge on any atom is -0.507 e. The second kappa shape index (κ2) is 6.02. The van der Waals surface area contributed by atoms with Gasteiger partial charge in [-0.05, 0) is 55.1 Å². The Morgan fingerprint density at radius 1 is 1.53 bits per heavy atom. The highest BCUT2D eigenvalue weighted by Gasteiger charge is 2.11. The summed E-state index contributed by atoms with van der Waals surface area (Å²) in [5.41, 5.74) is 0.455. The number of phenolic OH excluding ortho intramolecular Hbond substituents is 1. The average molecular weight is 301 g/mol. The number of amides is 1. The van der Waals surface area contributed by atoms with Crippen LogP contribution in [-0.2, 0) is 0 Å². The summed E-state index contributed by atoms with van der Waals surface area (Å²) in [6, 6.07) is 4.83. The first-order valence-corrected chi connectivity index (χ1v) is 6.13. The van der Waals surface area contributed by atoms with E-state index in [0.717, 1.165) is 6.54 Å². The summed E-state index contributed by atoms with van der Waals surface area (Å²) in [4.78, 5) is 13.8. The lowest BCUT2D eigenvalue weighted by Gasteiger charge is -2.18. The quantitative estimate of drug-likeness (QED) is 0.892. The topological polar surface area (TPSA) is 52.6 Å². The number of carbonyl (C=O) groups excluding carboxylic acids is 1. The summed E-state index contributed by atoms with van der Waals surface area (Å²) < 4.78 is 0.579. The van der Waals surface area contributed by atoms with Crippen LogP contribution in [0, 0.1) is 0 Å². The van der Waals surface area contributed by atoms with Crippen molar-refractivity contribution in [3.05, 3.63) is 28.2 Å². The number of nitrogens with zero attached hydrogens (tertiary/aromatic N) is 1. The Balaban J connectivity index is 2.66. The van der Waals surface area contributed by atoms with Gasteiger partial charge in [0.2, 0.25) is 0 Å². The number of phenols is 1. The van der Waals surface area contributed by atoms with Crippen molar-refractivity contribution in [3.63, 3.8) is 0 Å². The van der Waals surface area contributed by atoms with E-state index in [4.69, 9.17) is 0 Å². The summed E-state index contributed by atoms with van der Waals surface area (Å²) in [5, 5.41) is 12.4. The van der Waals surface area contributed by atoms with Crippen molar-refractivity contribution in [1.29, 1.82) is 0 Å². The molecule has 0 bridgehead atoms.